The van der Waals surface area contributed by atoms with Crippen LogP contribution in [0.3, 0.4) is 0 Å². The fourth-order valence-electron chi connectivity index (χ4n) is 2.74. The molecule has 1 N–H and O–H groups in total. The number of aryl methyl sites for hydroxylation is 1. The van der Waals surface area contributed by atoms with E-state index in [1.807, 2.05) is 61.7 Å². The number of nitriles is 1. The summed E-state index contributed by atoms with van der Waals surface area (Å²) >= 11 is 3.42. The number of aromatic nitrogens is 1. The Hall–Kier alpha value is -2.85. The summed E-state index contributed by atoms with van der Waals surface area (Å²) in [5.41, 5.74) is 3.42. The molecule has 0 bridgehead atoms. The maximum Gasteiger partial charge on any atom is 0.349 e. The summed E-state index contributed by atoms with van der Waals surface area (Å²) in [5.74, 6) is -1.21. The van der Waals surface area contributed by atoms with Crippen LogP contribution in [0.1, 0.15) is 30.3 Å². The van der Waals surface area contributed by atoms with Crippen LogP contribution in [0.5, 0.6) is 0 Å². The molecule has 0 unspecified atom stereocenters. The Balaban J connectivity index is 2.21. The fraction of sp³-hybridized carbons (Fsp3) is 0.286. The number of halogens is 1. The lowest BCUT2D eigenvalue weighted by Crippen LogP contribution is -2.29. The van der Waals surface area contributed by atoms with Gasteiger partial charge in [-0.1, -0.05) is 22.9 Å². The molecule has 0 spiro atoms. The van der Waals surface area contributed by atoms with Crippen molar-refractivity contribution in [2.75, 3.05) is 13.2 Å². The molecule has 2 rings (SSSR count). The summed E-state index contributed by atoms with van der Waals surface area (Å²) in [4.78, 5) is 23.7. The number of benzene rings is 1. The number of hydrogen-bond acceptors (Lipinski definition) is 4. The number of nitrogens with one attached hydrogen (secondary N) is 1. The molecule has 2 aromatic rings. The van der Waals surface area contributed by atoms with Crippen molar-refractivity contribution < 1.29 is 14.3 Å². The minimum Gasteiger partial charge on any atom is -0.451 e. The topological polar surface area (TPSA) is 84.1 Å². The zero-order valence-corrected chi connectivity index (χ0v) is 17.7. The molecule has 0 saturated heterocycles. The number of rotatable bonds is 7. The van der Waals surface area contributed by atoms with E-state index in [4.69, 9.17) is 4.74 Å². The lowest BCUT2D eigenvalue weighted by molar-refractivity contribution is -0.144. The van der Waals surface area contributed by atoms with Crippen molar-refractivity contribution in [3.63, 3.8) is 0 Å². The van der Waals surface area contributed by atoms with E-state index in [-0.39, 0.29) is 11.5 Å². The van der Waals surface area contributed by atoms with E-state index in [0.717, 1.165) is 33.5 Å². The van der Waals surface area contributed by atoms with Crippen molar-refractivity contribution >= 4 is 33.9 Å². The number of ether oxygens (including phenoxy) is 1. The Labute approximate surface area is 172 Å². The lowest BCUT2D eigenvalue weighted by Gasteiger charge is -2.09. The normalized spacial score (nSPS) is 11.0. The fourth-order valence-corrected chi connectivity index (χ4v) is 3.00. The summed E-state index contributed by atoms with van der Waals surface area (Å²) in [5, 5.41) is 12.0. The highest BCUT2D eigenvalue weighted by Crippen LogP contribution is 2.24. The molecule has 6 nitrogen and oxygen atoms in total. The predicted molar refractivity (Wildman–Crippen MR) is 111 cm³/mol. The van der Waals surface area contributed by atoms with Crippen LogP contribution in [0.25, 0.3) is 11.8 Å². The van der Waals surface area contributed by atoms with E-state index >= 15 is 0 Å². The van der Waals surface area contributed by atoms with Crippen molar-refractivity contribution in [1.29, 1.82) is 5.26 Å². The predicted octanol–water partition coefficient (Wildman–Crippen LogP) is 3.83. The van der Waals surface area contributed by atoms with Crippen LogP contribution in [0.2, 0.25) is 0 Å². The van der Waals surface area contributed by atoms with E-state index in [1.165, 1.54) is 6.08 Å². The minimum absolute atomic E-state index is 0.153. The summed E-state index contributed by atoms with van der Waals surface area (Å²) in [6.07, 6.45) is 2.28. The van der Waals surface area contributed by atoms with Crippen molar-refractivity contribution in [2.45, 2.75) is 27.2 Å². The van der Waals surface area contributed by atoms with E-state index < -0.39 is 12.6 Å². The van der Waals surface area contributed by atoms with Crippen LogP contribution in [0, 0.1) is 25.2 Å². The van der Waals surface area contributed by atoms with Gasteiger partial charge in [0.2, 0.25) is 0 Å². The average molecular weight is 444 g/mol. The summed E-state index contributed by atoms with van der Waals surface area (Å²) in [7, 11) is 0. The van der Waals surface area contributed by atoms with Gasteiger partial charge >= 0.3 is 5.97 Å². The smallest absolute Gasteiger partial charge is 0.349 e. The maximum atomic E-state index is 12.2. The molecule has 1 heterocycles. The van der Waals surface area contributed by atoms with E-state index in [0.29, 0.717) is 6.54 Å². The first-order valence-corrected chi connectivity index (χ1v) is 9.67. The Kier molecular flexibility index (Phi) is 7.59. The molecule has 0 saturated carbocycles. The van der Waals surface area contributed by atoms with Crippen molar-refractivity contribution in [1.82, 2.24) is 9.88 Å². The van der Waals surface area contributed by atoms with Crippen LogP contribution in [0.15, 0.2) is 40.4 Å². The lowest BCUT2D eigenvalue weighted by atomic mass is 10.1. The molecular formula is C21H22BrN3O3. The number of esters is 1. The van der Waals surface area contributed by atoms with Gasteiger partial charge in [-0.15, -0.1) is 0 Å². The summed E-state index contributed by atoms with van der Waals surface area (Å²) in [6, 6.07) is 11.6. The molecule has 0 aliphatic carbocycles. The van der Waals surface area contributed by atoms with Crippen LogP contribution >= 0.6 is 15.9 Å². The van der Waals surface area contributed by atoms with E-state index in [9.17, 15) is 14.9 Å². The third kappa shape index (κ3) is 5.33. The highest BCUT2D eigenvalue weighted by Gasteiger charge is 2.16. The molecule has 1 aromatic heterocycles. The van der Waals surface area contributed by atoms with Crippen LogP contribution in [-0.2, 0) is 14.3 Å². The molecule has 0 aliphatic heterocycles. The van der Waals surface area contributed by atoms with Crippen molar-refractivity contribution in [3.8, 4) is 11.8 Å². The van der Waals surface area contributed by atoms with Crippen LogP contribution < -0.4 is 5.32 Å². The Morgan fingerprint density at radius 1 is 1.29 bits per heavy atom. The number of hydrogen-bond donors (Lipinski definition) is 1. The second kappa shape index (κ2) is 9.90. The Bertz CT molecular complexity index is 937. The molecule has 0 atom stereocenters. The third-order valence-corrected chi connectivity index (χ3v) is 4.63. The largest absolute Gasteiger partial charge is 0.451 e. The first-order chi connectivity index (χ1) is 13.4. The molecule has 7 heteroatoms. The number of nitrogens with zero attached hydrogens (tertiary/aromatic N) is 2. The molecule has 1 amide bonds. The van der Waals surface area contributed by atoms with Crippen LogP contribution in [0.4, 0.5) is 0 Å². The van der Waals surface area contributed by atoms with Crippen molar-refractivity contribution in [2.24, 2.45) is 0 Å². The summed E-state index contributed by atoms with van der Waals surface area (Å²) in [6.45, 7) is 5.90. The van der Waals surface area contributed by atoms with Gasteiger partial charge in [0.1, 0.15) is 11.6 Å². The van der Waals surface area contributed by atoms with Gasteiger partial charge in [-0.25, -0.2) is 4.79 Å². The van der Waals surface area contributed by atoms with Gasteiger partial charge in [-0.05, 0) is 62.2 Å². The molecule has 146 valence electrons. The molecule has 0 aliphatic rings. The second-order valence-electron chi connectivity index (χ2n) is 6.23. The van der Waals surface area contributed by atoms with Gasteiger partial charge < -0.3 is 14.6 Å². The summed E-state index contributed by atoms with van der Waals surface area (Å²) < 4.78 is 7.97. The first kappa shape index (κ1) is 21.5. The highest BCUT2D eigenvalue weighted by molar-refractivity contribution is 9.10. The quantitative estimate of drug-likeness (QED) is 0.400. The molecule has 1 aromatic carbocycles. The maximum absolute atomic E-state index is 12.2. The zero-order valence-electron chi connectivity index (χ0n) is 16.1. The third-order valence-electron chi connectivity index (χ3n) is 4.10. The number of amides is 1. The standard InChI is InChI=1S/C21H22BrN3O3/c1-4-9-24-20(26)13-28-21(27)17(12-23)11-16-10-14(2)25(15(16)3)19-7-5-18(22)6-8-19/h5-8,10-11H,4,9,13H2,1-3H3,(H,24,26)/b17-11+. The van der Waals surface area contributed by atoms with Gasteiger partial charge in [0.05, 0.1) is 0 Å². The highest BCUT2D eigenvalue weighted by atomic mass is 79.9. The molecule has 0 fully saturated rings. The van der Waals surface area contributed by atoms with E-state index in [2.05, 4.69) is 21.2 Å². The first-order valence-electron chi connectivity index (χ1n) is 8.87. The van der Waals surface area contributed by atoms with Crippen LogP contribution in [-0.4, -0.2) is 29.6 Å². The molecule has 28 heavy (non-hydrogen) atoms. The van der Waals surface area contributed by atoms with Crippen molar-refractivity contribution in [3.05, 3.63) is 57.3 Å². The zero-order chi connectivity index (χ0) is 20.7. The second-order valence-corrected chi connectivity index (χ2v) is 7.15. The monoisotopic (exact) mass is 443 g/mol. The number of carbonyl (C=O) groups is 2. The van der Waals surface area contributed by atoms with Gasteiger partial charge in [0.15, 0.2) is 6.61 Å². The van der Waals surface area contributed by atoms with Gasteiger partial charge in [0, 0.05) is 28.1 Å². The molecule has 0 radical (unpaired) electrons. The minimum atomic E-state index is -0.817. The number of carbonyl (C=O) groups excluding carboxylic acids is 2. The SMILES string of the molecule is CCCNC(=O)COC(=O)/C(C#N)=C/c1cc(C)n(-c2ccc(Br)cc2)c1C. The average Bonchev–Trinajstić information content (AvgIpc) is 2.96. The van der Waals surface area contributed by atoms with Gasteiger partial charge in [0.25, 0.3) is 5.91 Å². The Morgan fingerprint density at radius 2 is 1.96 bits per heavy atom. The Morgan fingerprint density at radius 3 is 2.57 bits per heavy atom. The van der Waals surface area contributed by atoms with Gasteiger partial charge in [-0.2, -0.15) is 5.26 Å². The molecular weight excluding hydrogens is 422 g/mol. The van der Waals surface area contributed by atoms with Gasteiger partial charge in [-0.3, -0.25) is 4.79 Å². The van der Waals surface area contributed by atoms with E-state index in [1.54, 1.807) is 0 Å².